The molecule has 4 nitrogen and oxygen atoms in total. The quantitative estimate of drug-likeness (QED) is 0.590. The highest BCUT2D eigenvalue weighted by molar-refractivity contribution is 5.75. The summed E-state index contributed by atoms with van der Waals surface area (Å²) in [7, 11) is 0. The van der Waals surface area contributed by atoms with Gasteiger partial charge in [0.15, 0.2) is 0 Å². The van der Waals surface area contributed by atoms with Gasteiger partial charge in [-0.3, -0.25) is 4.79 Å². The van der Waals surface area contributed by atoms with Crippen molar-refractivity contribution in [1.29, 1.82) is 0 Å². The summed E-state index contributed by atoms with van der Waals surface area (Å²) in [6.07, 6.45) is 2.17. The maximum Gasteiger partial charge on any atom is 0.211 e. The highest BCUT2D eigenvalue weighted by Gasteiger charge is 2.03. The number of amides is 1. The fourth-order valence-corrected chi connectivity index (χ4v) is 1.44. The third-order valence-corrected chi connectivity index (χ3v) is 2.11. The summed E-state index contributed by atoms with van der Waals surface area (Å²) in [5.41, 5.74) is 2.22. The first-order valence-corrected chi connectivity index (χ1v) is 4.48. The lowest BCUT2D eigenvalue weighted by Crippen LogP contribution is -1.95. The van der Waals surface area contributed by atoms with Crippen LogP contribution < -0.4 is 5.32 Å². The van der Waals surface area contributed by atoms with Gasteiger partial charge in [-0.1, -0.05) is 12.1 Å². The van der Waals surface area contributed by atoms with Gasteiger partial charge in [-0.2, -0.15) is 4.73 Å². The van der Waals surface area contributed by atoms with E-state index in [2.05, 4.69) is 5.32 Å². The molecule has 0 unspecified atom stereocenters. The van der Waals surface area contributed by atoms with Gasteiger partial charge in [0.2, 0.25) is 6.41 Å². The molecule has 1 aromatic carbocycles. The molecule has 0 saturated heterocycles. The van der Waals surface area contributed by atoms with Crippen molar-refractivity contribution in [2.45, 2.75) is 0 Å². The number of carbonyl (C=O) groups excluding carboxylic acids is 1. The topological polar surface area (TPSA) is 54.3 Å². The van der Waals surface area contributed by atoms with Crippen LogP contribution in [0.2, 0.25) is 0 Å². The van der Waals surface area contributed by atoms with Crippen molar-refractivity contribution in [2.75, 3.05) is 5.32 Å². The Balaban J connectivity index is 2.41. The Morgan fingerprint density at radius 3 is 2.80 bits per heavy atom. The van der Waals surface area contributed by atoms with Gasteiger partial charge in [0.25, 0.3) is 0 Å². The van der Waals surface area contributed by atoms with Gasteiger partial charge in [-0.15, -0.1) is 0 Å². The largest absolute Gasteiger partial charge is 0.428 e. The van der Waals surface area contributed by atoms with E-state index in [4.69, 9.17) is 0 Å². The zero-order valence-electron chi connectivity index (χ0n) is 7.92. The van der Waals surface area contributed by atoms with E-state index in [9.17, 15) is 10.0 Å². The third kappa shape index (κ3) is 1.83. The maximum atomic E-state index is 10.3. The molecule has 76 valence electrons. The van der Waals surface area contributed by atoms with Crippen LogP contribution in [-0.2, 0) is 4.79 Å². The van der Waals surface area contributed by atoms with Crippen molar-refractivity contribution in [3.8, 4) is 11.3 Å². The van der Waals surface area contributed by atoms with Crippen molar-refractivity contribution >= 4 is 12.1 Å². The summed E-state index contributed by atoms with van der Waals surface area (Å²) < 4.78 is 1.04. The minimum atomic E-state index is 0.622. The average Bonchev–Trinajstić information content (AvgIpc) is 2.65. The van der Waals surface area contributed by atoms with Gasteiger partial charge in [0, 0.05) is 17.4 Å². The molecule has 1 heterocycles. The highest BCUT2D eigenvalue weighted by Crippen LogP contribution is 2.21. The summed E-state index contributed by atoms with van der Waals surface area (Å²) in [5.74, 6) is 0. The van der Waals surface area contributed by atoms with Crippen LogP contribution in [0.4, 0.5) is 5.69 Å². The van der Waals surface area contributed by atoms with E-state index in [0.29, 0.717) is 17.8 Å². The number of rotatable bonds is 3. The van der Waals surface area contributed by atoms with Gasteiger partial charge >= 0.3 is 0 Å². The van der Waals surface area contributed by atoms with Crippen molar-refractivity contribution < 1.29 is 10.0 Å². The number of aromatic nitrogens is 1. The molecule has 0 aliphatic carbocycles. The van der Waals surface area contributed by atoms with Crippen LogP contribution in [0.25, 0.3) is 11.3 Å². The Morgan fingerprint density at radius 2 is 2.13 bits per heavy atom. The van der Waals surface area contributed by atoms with Crippen LogP contribution in [0.1, 0.15) is 0 Å². The van der Waals surface area contributed by atoms with E-state index in [-0.39, 0.29) is 0 Å². The van der Waals surface area contributed by atoms with Crippen molar-refractivity contribution in [2.24, 2.45) is 0 Å². The molecule has 0 atom stereocenters. The molecule has 0 aliphatic heterocycles. The SMILES string of the molecule is O=CNc1cccc(-c2cccn2O)c1. The molecule has 2 N–H and O–H groups in total. The number of hydrogen-bond donors (Lipinski definition) is 2. The smallest absolute Gasteiger partial charge is 0.211 e. The van der Waals surface area contributed by atoms with E-state index < -0.39 is 0 Å². The zero-order chi connectivity index (χ0) is 10.7. The highest BCUT2D eigenvalue weighted by atomic mass is 16.5. The summed E-state index contributed by atoms with van der Waals surface area (Å²) >= 11 is 0. The van der Waals surface area contributed by atoms with E-state index in [0.717, 1.165) is 10.3 Å². The minimum absolute atomic E-state index is 0.622. The van der Waals surface area contributed by atoms with Gasteiger partial charge in [-0.05, 0) is 24.3 Å². The van der Waals surface area contributed by atoms with Gasteiger partial charge < -0.3 is 10.5 Å². The molecule has 4 heteroatoms. The van der Waals surface area contributed by atoms with Crippen LogP contribution in [0, 0.1) is 0 Å². The Bertz CT molecular complexity index is 477. The van der Waals surface area contributed by atoms with E-state index in [1.807, 2.05) is 12.1 Å². The molecule has 1 amide bonds. The third-order valence-electron chi connectivity index (χ3n) is 2.11. The number of nitrogens with one attached hydrogen (secondary N) is 1. The van der Waals surface area contributed by atoms with Crippen LogP contribution >= 0.6 is 0 Å². The van der Waals surface area contributed by atoms with Gasteiger partial charge in [-0.25, -0.2) is 0 Å². The number of hydrogen-bond acceptors (Lipinski definition) is 2. The van der Waals surface area contributed by atoms with Crippen LogP contribution in [-0.4, -0.2) is 16.3 Å². The predicted octanol–water partition coefficient (Wildman–Crippen LogP) is 1.96. The minimum Gasteiger partial charge on any atom is -0.428 e. The molecule has 1 aromatic heterocycles. The van der Waals surface area contributed by atoms with Gasteiger partial charge in [0.05, 0.1) is 5.69 Å². The zero-order valence-corrected chi connectivity index (χ0v) is 7.92. The van der Waals surface area contributed by atoms with Crippen molar-refractivity contribution in [3.05, 3.63) is 42.6 Å². The first-order valence-electron chi connectivity index (χ1n) is 4.48. The Hall–Kier alpha value is -2.23. The molecule has 2 aromatic rings. The molecular weight excluding hydrogens is 192 g/mol. The summed E-state index contributed by atoms with van der Waals surface area (Å²) in [5, 5.41) is 12.0. The first-order chi connectivity index (χ1) is 7.31. The Labute approximate surface area is 86.7 Å². The maximum absolute atomic E-state index is 10.3. The predicted molar refractivity (Wildman–Crippen MR) is 56.7 cm³/mol. The van der Waals surface area contributed by atoms with E-state index >= 15 is 0 Å². The lowest BCUT2D eigenvalue weighted by Gasteiger charge is -2.04. The second-order valence-corrected chi connectivity index (χ2v) is 3.08. The second kappa shape index (κ2) is 3.88. The fraction of sp³-hybridized carbons (Fsp3) is 0. The lowest BCUT2D eigenvalue weighted by molar-refractivity contribution is -0.105. The Kier molecular flexibility index (Phi) is 2.41. The molecule has 0 fully saturated rings. The van der Waals surface area contributed by atoms with E-state index in [1.165, 1.54) is 0 Å². The molecule has 0 saturated carbocycles. The first kappa shape index (κ1) is 9.33. The second-order valence-electron chi connectivity index (χ2n) is 3.08. The van der Waals surface area contributed by atoms with Crippen LogP contribution in [0.15, 0.2) is 42.6 Å². The molecule has 0 radical (unpaired) electrons. The normalized spacial score (nSPS) is 9.87. The standard InChI is InChI=1S/C11H10N2O2/c14-8-12-10-4-1-3-9(7-10)11-5-2-6-13(11)15/h1-8,15H,(H,12,14). The number of benzene rings is 1. The van der Waals surface area contributed by atoms with Crippen molar-refractivity contribution in [1.82, 2.24) is 4.73 Å². The fourth-order valence-electron chi connectivity index (χ4n) is 1.44. The molecular formula is C11H10N2O2. The molecule has 0 aliphatic rings. The van der Waals surface area contributed by atoms with Crippen LogP contribution in [0.5, 0.6) is 0 Å². The summed E-state index contributed by atoms with van der Waals surface area (Å²) in [4.78, 5) is 10.3. The number of carbonyl (C=O) groups is 1. The van der Waals surface area contributed by atoms with E-state index in [1.54, 1.807) is 30.5 Å². The molecule has 0 bridgehead atoms. The lowest BCUT2D eigenvalue weighted by atomic mass is 10.1. The van der Waals surface area contributed by atoms with Crippen LogP contribution in [0.3, 0.4) is 0 Å². The van der Waals surface area contributed by atoms with Crippen molar-refractivity contribution in [3.63, 3.8) is 0 Å². The monoisotopic (exact) mass is 202 g/mol. The van der Waals surface area contributed by atoms with Gasteiger partial charge in [0.1, 0.15) is 0 Å². The molecule has 0 spiro atoms. The number of anilines is 1. The summed E-state index contributed by atoms with van der Waals surface area (Å²) in [6, 6.07) is 10.8. The summed E-state index contributed by atoms with van der Waals surface area (Å²) in [6.45, 7) is 0. The number of nitrogens with zero attached hydrogens (tertiary/aromatic N) is 1. The Morgan fingerprint density at radius 1 is 1.27 bits per heavy atom. The molecule has 2 rings (SSSR count). The molecule has 15 heavy (non-hydrogen) atoms. The average molecular weight is 202 g/mol.